The molecule has 33 nitrogen and oxygen atoms in total. The number of hydrogen-bond donors (Lipinski definition) is 7. The number of aromatic nitrogens is 2. The van der Waals surface area contributed by atoms with Gasteiger partial charge in [0.05, 0.1) is 29.9 Å². The second-order valence-corrected chi connectivity index (χ2v) is 28.4. The predicted molar refractivity (Wildman–Crippen MR) is 368 cm³/mol. The Morgan fingerprint density at radius 3 is 1.47 bits per heavy atom. The first-order chi connectivity index (χ1) is 47.9. The number of carbonyl (C=O) groups is 13. The van der Waals surface area contributed by atoms with Crippen molar-refractivity contribution in [1.29, 1.82) is 0 Å². The van der Waals surface area contributed by atoms with Gasteiger partial charge in [0.1, 0.15) is 83.7 Å². The zero-order chi connectivity index (χ0) is 75.5. The lowest BCUT2D eigenvalue weighted by Gasteiger charge is -2.36. The van der Waals surface area contributed by atoms with Crippen LogP contribution in [0.2, 0.25) is 0 Å². The maximum Gasteiger partial charge on any atom is 0.329 e. The third-order valence-corrected chi connectivity index (χ3v) is 19.5. The van der Waals surface area contributed by atoms with Crippen LogP contribution in [0.1, 0.15) is 145 Å². The van der Waals surface area contributed by atoms with Crippen molar-refractivity contribution in [3.63, 3.8) is 0 Å². The van der Waals surface area contributed by atoms with Crippen LogP contribution >= 0.6 is 0 Å². The number of nitrogens with two attached hydrogens (primary N) is 2. The highest BCUT2D eigenvalue weighted by Crippen LogP contribution is 2.39. The molecule has 556 valence electrons. The van der Waals surface area contributed by atoms with E-state index >= 15 is 19.2 Å². The van der Waals surface area contributed by atoms with Crippen LogP contribution in [0, 0.1) is 37.5 Å². The summed E-state index contributed by atoms with van der Waals surface area (Å²) in [7, 11) is 5.52. The Balaban J connectivity index is 1.31. The van der Waals surface area contributed by atoms with Crippen LogP contribution in [-0.2, 0) is 68.6 Å². The Kier molecular flexibility index (Phi) is 24.5. The quantitative estimate of drug-likeness (QED) is 0.0385. The molecule has 0 bridgehead atoms. The molecule has 10 unspecified atom stereocenters. The number of amides is 11. The van der Waals surface area contributed by atoms with E-state index < -0.39 is 220 Å². The van der Waals surface area contributed by atoms with Crippen molar-refractivity contribution in [3.8, 4) is 11.5 Å². The molecule has 6 heterocycles. The van der Waals surface area contributed by atoms with Gasteiger partial charge in [0.15, 0.2) is 16.9 Å². The molecular weight excluding hydrogens is 1330 g/mol. The van der Waals surface area contributed by atoms with Crippen molar-refractivity contribution in [2.75, 3.05) is 73.2 Å². The fraction of sp³-hybridized carbons (Fsp3) is 0.623. The van der Waals surface area contributed by atoms with E-state index in [0.717, 1.165) is 9.80 Å². The van der Waals surface area contributed by atoms with Crippen molar-refractivity contribution in [1.82, 2.24) is 66.0 Å². The van der Waals surface area contributed by atoms with Crippen LogP contribution in [0.25, 0.3) is 33.7 Å². The Morgan fingerprint density at radius 1 is 0.588 bits per heavy atom. The Labute approximate surface area is 590 Å². The third kappa shape index (κ3) is 15.9. The van der Waals surface area contributed by atoms with Gasteiger partial charge in [-0.25, -0.2) is 19.6 Å². The number of nitrogens with zero attached hydrogens (tertiary/aromatic N) is 8. The fourth-order valence-corrected chi connectivity index (χ4v) is 13.7. The van der Waals surface area contributed by atoms with E-state index in [4.69, 9.17) is 34.8 Å². The van der Waals surface area contributed by atoms with E-state index in [1.54, 1.807) is 55.4 Å². The number of benzene rings is 2. The van der Waals surface area contributed by atoms with Gasteiger partial charge >= 0.3 is 11.9 Å². The molecule has 9 N–H and O–H groups in total. The van der Waals surface area contributed by atoms with Gasteiger partial charge < -0.3 is 85.8 Å². The summed E-state index contributed by atoms with van der Waals surface area (Å²) in [6.45, 7) is 18.4. The molecule has 10 atom stereocenters. The van der Waals surface area contributed by atoms with Gasteiger partial charge in [-0.2, -0.15) is 0 Å². The van der Waals surface area contributed by atoms with Crippen molar-refractivity contribution in [2.45, 2.75) is 189 Å². The summed E-state index contributed by atoms with van der Waals surface area (Å²) < 4.78 is 24.9. The first-order valence-electron chi connectivity index (χ1n) is 34.6. The summed E-state index contributed by atoms with van der Waals surface area (Å²) in [5.41, 5.74) is 7.46. The van der Waals surface area contributed by atoms with Gasteiger partial charge in [0.25, 0.3) is 11.8 Å². The summed E-state index contributed by atoms with van der Waals surface area (Å²) in [5.74, 6) is -14.2. The number of carbonyl (C=O) groups excluding carboxylic acids is 13. The maximum atomic E-state index is 16.0. The first-order valence-corrected chi connectivity index (χ1v) is 34.6. The molecule has 1 aliphatic carbocycles. The summed E-state index contributed by atoms with van der Waals surface area (Å²) in [6, 6.07) is -11.3. The molecule has 33 heteroatoms. The van der Waals surface area contributed by atoms with Crippen LogP contribution < -0.4 is 43.5 Å². The number of nitrogens with one attached hydrogen (secondary N) is 5. The number of unbranched alkanes of at least 4 members (excludes halogenated alkanes) is 1. The standard InChI is InChI=1S/C69H97N15O18/c1-30(2)47-66(95)83-25-19-21-38(83)64(93)79(13)28-42(86)81(15)54(32(5)6)68(97)99-36(11)49(62(91)75-47)77-60(89)44-46(71)56(88)34(9)57-51(44)74-53-45(52-58(35(10)59(53)102-57)101-41(73-52)27-40(85)72-24-18-17-23-70)61(90)78-50-37(12)100-69(98)55(33(7)8)82(16)43(87)29-80(14)65(94)39-22-20-26-84(39)67(96)48(31(3)4)76-63(50)92/h30-33,36-39,47-50,54-55H,17-29,70-71H2,1-16H3,(H,72,85)(H,75,91)(H,76,92)(H,77,89)(H,78,90). The molecule has 0 radical (unpaired) electrons. The minimum atomic E-state index is -1.96. The molecule has 6 aliphatic rings. The van der Waals surface area contributed by atoms with Gasteiger partial charge in [0.2, 0.25) is 64.5 Å². The van der Waals surface area contributed by atoms with Crippen LogP contribution in [0.15, 0.2) is 13.6 Å². The van der Waals surface area contributed by atoms with Gasteiger partial charge in [-0.1, -0.05) is 55.4 Å². The van der Waals surface area contributed by atoms with Gasteiger partial charge in [-0.05, 0) is 96.4 Å². The number of hydrogen-bond acceptors (Lipinski definition) is 22. The second kappa shape index (κ2) is 32.0. The summed E-state index contributed by atoms with van der Waals surface area (Å²) >= 11 is 0. The minimum Gasteiger partial charge on any atom is -0.458 e. The molecule has 0 saturated carbocycles. The number of oxazole rings is 1. The Bertz CT molecular complexity index is 4010. The average molecular weight is 1420 g/mol. The topological polar surface area (TPSA) is 441 Å². The van der Waals surface area contributed by atoms with E-state index in [0.29, 0.717) is 32.2 Å². The zero-order valence-electron chi connectivity index (χ0n) is 60.9. The number of nitrogen functional groups attached to an aromatic ring is 1. The van der Waals surface area contributed by atoms with Crippen LogP contribution in [0.3, 0.4) is 0 Å². The van der Waals surface area contributed by atoms with Crippen molar-refractivity contribution >= 4 is 105 Å². The van der Waals surface area contributed by atoms with E-state index in [2.05, 4.69) is 31.6 Å². The molecule has 0 spiro atoms. The second-order valence-electron chi connectivity index (χ2n) is 28.4. The number of fused-ring (bicyclic) bond motifs is 5. The number of anilines is 1. The number of cyclic esters (lactones) is 2. The molecule has 8 rings (SSSR count). The van der Waals surface area contributed by atoms with E-state index in [1.165, 1.54) is 75.5 Å². The Morgan fingerprint density at radius 2 is 1.03 bits per heavy atom. The molecule has 5 aliphatic heterocycles. The highest BCUT2D eigenvalue weighted by Gasteiger charge is 2.47. The van der Waals surface area contributed by atoms with Crippen molar-refractivity contribution in [3.05, 3.63) is 38.4 Å². The van der Waals surface area contributed by atoms with Crippen LogP contribution in [0.4, 0.5) is 5.69 Å². The first kappa shape index (κ1) is 77.9. The van der Waals surface area contributed by atoms with Crippen LogP contribution in [-0.4, -0.2) is 244 Å². The average Bonchev–Trinajstić information content (AvgIpc) is 1.07. The summed E-state index contributed by atoms with van der Waals surface area (Å²) in [4.78, 5) is 221. The lowest BCUT2D eigenvalue weighted by molar-refractivity contribution is -0.163. The molecule has 102 heavy (non-hydrogen) atoms. The largest absolute Gasteiger partial charge is 0.458 e. The highest BCUT2D eigenvalue weighted by molar-refractivity contribution is 6.17. The number of ether oxygens (including phenoxy) is 2. The zero-order valence-corrected chi connectivity index (χ0v) is 60.9. The lowest BCUT2D eigenvalue weighted by Crippen LogP contribution is -2.61. The molecule has 11 amide bonds. The smallest absolute Gasteiger partial charge is 0.329 e. The normalized spacial score (nSPS) is 24.6. The number of likely N-dealkylation sites (N-methyl/N-ethyl adjacent to an activating group) is 4. The van der Waals surface area contributed by atoms with Crippen molar-refractivity contribution < 1.29 is 80.6 Å². The molecule has 1 aromatic heterocycles. The monoisotopic (exact) mass is 1420 g/mol. The summed E-state index contributed by atoms with van der Waals surface area (Å²) in [5, 5.41) is 13.5. The van der Waals surface area contributed by atoms with E-state index in [9.17, 15) is 47.9 Å². The van der Waals surface area contributed by atoms with Gasteiger partial charge in [-0.3, -0.25) is 57.5 Å². The molecule has 2 aromatic rings. The maximum absolute atomic E-state index is 16.0. The Hall–Kier alpha value is -9.82. The fourth-order valence-electron chi connectivity index (χ4n) is 13.7. The predicted octanol–water partition coefficient (Wildman–Crippen LogP) is 0.264. The minimum absolute atomic E-state index is 0.0744. The van der Waals surface area contributed by atoms with Crippen LogP contribution in [0.5, 0.6) is 0 Å². The lowest BCUT2D eigenvalue weighted by atomic mass is 9.98. The third-order valence-electron chi connectivity index (χ3n) is 19.5. The van der Waals surface area contributed by atoms with E-state index in [-0.39, 0.29) is 66.2 Å². The highest BCUT2D eigenvalue weighted by atomic mass is 16.6. The van der Waals surface area contributed by atoms with E-state index in [1.807, 2.05) is 0 Å². The molecule has 1 aromatic carbocycles. The van der Waals surface area contributed by atoms with Crippen molar-refractivity contribution in [2.24, 2.45) is 29.4 Å². The SMILES string of the molecule is Cc1c2oc3c(C)c4oc(CC(=O)NCCCCN)nc4c(C(=O)NC4C(=O)NC(C(C)C)C(=O)N5CCCC5C(=O)N(C)CC(=O)N(C)C(C(C)C)C(=O)OC4C)c3nc-2c(C(=O)NC2C(=O)NC(C(C)C)C(=O)N3CCCC3C(=O)N(C)CC(=O)N(C)C(C(C)C)C(=O)OC2C)c(N)c1=O. The van der Waals surface area contributed by atoms with Gasteiger partial charge in [-0.15, -0.1) is 0 Å². The summed E-state index contributed by atoms with van der Waals surface area (Å²) in [6.07, 6.45) is -1.34. The molecule has 4 fully saturated rings. The molecule has 4 saturated heterocycles. The number of esters is 2. The van der Waals surface area contributed by atoms with Gasteiger partial charge in [0, 0.05) is 59.0 Å². The number of aryl methyl sites for hydroxylation is 1. The number of rotatable bonds is 14. The molecular formula is C69H97N15O18.